The highest BCUT2D eigenvalue weighted by molar-refractivity contribution is 5.67. The van der Waals surface area contributed by atoms with E-state index < -0.39 is 11.7 Å². The third kappa shape index (κ3) is 8.08. The van der Waals surface area contributed by atoms with Crippen LogP contribution in [0.15, 0.2) is 23.3 Å². The number of azide groups is 1. The number of carbonyl (C=O) groups excluding carboxylic acids is 1. The number of fused-ring (bicyclic) bond motifs is 1. The van der Waals surface area contributed by atoms with Crippen molar-refractivity contribution in [3.63, 3.8) is 0 Å². The Balaban J connectivity index is 1.88. The van der Waals surface area contributed by atoms with E-state index in [0.717, 1.165) is 31.4 Å². The monoisotopic (exact) mass is 400 g/mol. The number of carbonyl (C=O) groups is 1. The van der Waals surface area contributed by atoms with Crippen LogP contribution in [0.25, 0.3) is 16.5 Å². The molecule has 0 bridgehead atoms. The van der Waals surface area contributed by atoms with Gasteiger partial charge in [-0.3, -0.25) is 0 Å². The largest absolute Gasteiger partial charge is 0.493 e. The van der Waals surface area contributed by atoms with Crippen molar-refractivity contribution in [3.05, 3.63) is 45.3 Å². The molecule has 0 aliphatic heterocycles. The molecule has 0 saturated carbocycles. The van der Waals surface area contributed by atoms with E-state index in [0.29, 0.717) is 19.7 Å². The summed E-state index contributed by atoms with van der Waals surface area (Å²) in [7, 11) is 0. The van der Waals surface area contributed by atoms with Gasteiger partial charge < -0.3 is 14.8 Å². The molecule has 1 amide bonds. The molecule has 0 fully saturated rings. The summed E-state index contributed by atoms with van der Waals surface area (Å²) in [6, 6.07) is 4.14. The van der Waals surface area contributed by atoms with E-state index in [9.17, 15) is 4.79 Å². The molecule has 1 aromatic rings. The van der Waals surface area contributed by atoms with Crippen LogP contribution in [0.4, 0.5) is 4.79 Å². The molecule has 0 atom stereocenters. The van der Waals surface area contributed by atoms with E-state index in [1.165, 1.54) is 29.5 Å². The number of rotatable bonds is 9. The zero-order valence-corrected chi connectivity index (χ0v) is 17.7. The Labute approximate surface area is 173 Å². The standard InChI is InChI=1S/C22H32N4O3/c1-22(2,3)29-21(27)24-14-8-16-28-20-13-12-17(9-6-7-15-25-26-23)18-10-4-5-11-19(18)20/h6,9,12-13H,4-5,7-8,10-11,14-16H2,1-3H3,(H,24,27)/b9-6+. The van der Waals surface area contributed by atoms with Crippen LogP contribution in [0.1, 0.15) is 63.1 Å². The Morgan fingerprint density at radius 2 is 2.03 bits per heavy atom. The minimum Gasteiger partial charge on any atom is -0.493 e. The summed E-state index contributed by atoms with van der Waals surface area (Å²) in [5.74, 6) is 0.947. The molecule has 0 heterocycles. The van der Waals surface area contributed by atoms with Crippen LogP contribution in [0.3, 0.4) is 0 Å². The fourth-order valence-corrected chi connectivity index (χ4v) is 3.30. The molecular weight excluding hydrogens is 368 g/mol. The second-order valence-corrected chi connectivity index (χ2v) is 8.09. The molecule has 29 heavy (non-hydrogen) atoms. The van der Waals surface area contributed by atoms with Gasteiger partial charge in [-0.1, -0.05) is 23.3 Å². The first-order valence-electron chi connectivity index (χ1n) is 10.3. The quantitative estimate of drug-likeness (QED) is 0.254. The summed E-state index contributed by atoms with van der Waals surface area (Å²) < 4.78 is 11.3. The number of nitrogens with one attached hydrogen (secondary N) is 1. The van der Waals surface area contributed by atoms with E-state index in [-0.39, 0.29) is 0 Å². The molecular formula is C22H32N4O3. The number of hydrogen-bond acceptors (Lipinski definition) is 4. The van der Waals surface area contributed by atoms with Crippen molar-refractivity contribution < 1.29 is 14.3 Å². The van der Waals surface area contributed by atoms with E-state index in [2.05, 4.69) is 33.6 Å². The minimum atomic E-state index is -0.487. The van der Waals surface area contributed by atoms with Gasteiger partial charge in [0.15, 0.2) is 0 Å². The Hall–Kier alpha value is -2.66. The van der Waals surface area contributed by atoms with Crippen molar-refractivity contribution in [3.8, 4) is 5.75 Å². The molecule has 7 heteroatoms. The number of ether oxygens (including phenoxy) is 2. The van der Waals surface area contributed by atoms with Gasteiger partial charge in [0, 0.05) is 18.0 Å². The summed E-state index contributed by atoms with van der Waals surface area (Å²) in [4.78, 5) is 14.4. The van der Waals surface area contributed by atoms with E-state index in [1.807, 2.05) is 26.8 Å². The van der Waals surface area contributed by atoms with Crippen molar-refractivity contribution in [2.75, 3.05) is 19.7 Å². The number of amides is 1. The Morgan fingerprint density at radius 1 is 1.28 bits per heavy atom. The van der Waals surface area contributed by atoms with Crippen molar-refractivity contribution in [1.29, 1.82) is 0 Å². The average molecular weight is 401 g/mol. The van der Waals surface area contributed by atoms with Crippen molar-refractivity contribution >= 4 is 12.2 Å². The molecule has 0 radical (unpaired) electrons. The average Bonchev–Trinajstić information content (AvgIpc) is 2.67. The maximum atomic E-state index is 11.7. The summed E-state index contributed by atoms with van der Waals surface area (Å²) in [5, 5.41) is 6.31. The molecule has 0 spiro atoms. The van der Waals surface area contributed by atoms with Gasteiger partial charge in [0.25, 0.3) is 0 Å². The van der Waals surface area contributed by atoms with Gasteiger partial charge in [-0.15, -0.1) is 0 Å². The molecule has 1 aliphatic carbocycles. The van der Waals surface area contributed by atoms with Crippen molar-refractivity contribution in [2.24, 2.45) is 5.11 Å². The number of alkyl carbamates (subject to hydrolysis) is 1. The molecule has 1 N–H and O–H groups in total. The van der Waals surface area contributed by atoms with Gasteiger partial charge in [-0.25, -0.2) is 4.79 Å². The highest BCUT2D eigenvalue weighted by Crippen LogP contribution is 2.33. The maximum absolute atomic E-state index is 11.7. The lowest BCUT2D eigenvalue weighted by atomic mass is 9.87. The number of hydrogen-bond donors (Lipinski definition) is 1. The second-order valence-electron chi connectivity index (χ2n) is 8.09. The van der Waals surface area contributed by atoms with Crippen molar-refractivity contribution in [1.82, 2.24) is 5.32 Å². The fraction of sp³-hybridized carbons (Fsp3) is 0.591. The van der Waals surface area contributed by atoms with Crippen LogP contribution in [-0.2, 0) is 17.6 Å². The van der Waals surface area contributed by atoms with Crippen molar-refractivity contribution in [2.45, 2.75) is 64.9 Å². The summed E-state index contributed by atoms with van der Waals surface area (Å²) in [5.41, 5.74) is 11.7. The molecule has 7 nitrogen and oxygen atoms in total. The highest BCUT2D eigenvalue weighted by Gasteiger charge is 2.17. The summed E-state index contributed by atoms with van der Waals surface area (Å²) >= 11 is 0. The predicted octanol–water partition coefficient (Wildman–Crippen LogP) is 5.57. The summed E-state index contributed by atoms with van der Waals surface area (Å²) in [6.45, 7) is 7.08. The third-order valence-electron chi connectivity index (χ3n) is 4.53. The molecule has 0 saturated heterocycles. The van der Waals surface area contributed by atoms with E-state index in [1.54, 1.807) is 0 Å². The smallest absolute Gasteiger partial charge is 0.407 e. The van der Waals surface area contributed by atoms with Crippen LogP contribution in [-0.4, -0.2) is 31.4 Å². The van der Waals surface area contributed by atoms with Gasteiger partial charge in [0.2, 0.25) is 0 Å². The summed E-state index contributed by atoms with van der Waals surface area (Å²) in [6.07, 6.45) is 9.68. The van der Waals surface area contributed by atoms with Crippen LogP contribution >= 0.6 is 0 Å². The maximum Gasteiger partial charge on any atom is 0.407 e. The lowest BCUT2D eigenvalue weighted by Gasteiger charge is -2.22. The van der Waals surface area contributed by atoms with E-state index >= 15 is 0 Å². The molecule has 2 rings (SSSR count). The zero-order chi connectivity index (χ0) is 21.1. The van der Waals surface area contributed by atoms with Crippen LogP contribution in [0.5, 0.6) is 5.75 Å². The third-order valence-corrected chi connectivity index (χ3v) is 4.53. The van der Waals surface area contributed by atoms with Crippen LogP contribution in [0.2, 0.25) is 0 Å². The van der Waals surface area contributed by atoms with Gasteiger partial charge >= 0.3 is 6.09 Å². The molecule has 0 unspecified atom stereocenters. The number of nitrogens with zero attached hydrogens (tertiary/aromatic N) is 3. The Bertz CT molecular complexity index is 762. The first-order valence-corrected chi connectivity index (χ1v) is 10.3. The first kappa shape index (κ1) is 22.6. The highest BCUT2D eigenvalue weighted by atomic mass is 16.6. The van der Waals surface area contributed by atoms with Crippen LogP contribution < -0.4 is 10.1 Å². The molecule has 158 valence electrons. The zero-order valence-electron chi connectivity index (χ0n) is 17.7. The second kappa shape index (κ2) is 11.4. The SMILES string of the molecule is CC(C)(C)OC(=O)NCCCOc1ccc(/C=C/CCN=[N+]=[N-])c2c1CCCC2. The molecule has 1 aliphatic rings. The Kier molecular flexibility index (Phi) is 8.87. The lowest BCUT2D eigenvalue weighted by molar-refractivity contribution is 0.0525. The normalized spacial score (nSPS) is 13.5. The molecule has 0 aromatic heterocycles. The number of benzene rings is 1. The first-order chi connectivity index (χ1) is 13.9. The van der Waals surface area contributed by atoms with E-state index in [4.69, 9.17) is 15.0 Å². The van der Waals surface area contributed by atoms with Gasteiger partial charge in [-0.05, 0) is 87.6 Å². The fourth-order valence-electron chi connectivity index (χ4n) is 3.30. The topological polar surface area (TPSA) is 96.3 Å². The van der Waals surface area contributed by atoms with Gasteiger partial charge in [0.05, 0.1) is 6.61 Å². The Morgan fingerprint density at radius 3 is 2.76 bits per heavy atom. The predicted molar refractivity (Wildman–Crippen MR) is 115 cm³/mol. The lowest BCUT2D eigenvalue weighted by Crippen LogP contribution is -2.33. The van der Waals surface area contributed by atoms with Gasteiger partial charge in [-0.2, -0.15) is 0 Å². The van der Waals surface area contributed by atoms with Crippen LogP contribution in [0, 0.1) is 0 Å². The molecule has 1 aromatic carbocycles. The minimum absolute atomic E-state index is 0.397. The van der Waals surface area contributed by atoms with Gasteiger partial charge in [0.1, 0.15) is 11.4 Å².